The van der Waals surface area contributed by atoms with Gasteiger partial charge in [0.2, 0.25) is 0 Å². The molecule has 0 spiro atoms. The van der Waals surface area contributed by atoms with Crippen molar-refractivity contribution in [2.75, 3.05) is 39.6 Å². The van der Waals surface area contributed by atoms with Crippen LogP contribution in [-0.2, 0) is 42.9 Å². The molecule has 0 aliphatic heterocycles. The highest BCUT2D eigenvalue weighted by atomic mass is 16.6. The van der Waals surface area contributed by atoms with Crippen LogP contribution in [0, 0.1) is 0 Å². The molecule has 0 aromatic rings. The molecule has 11 heteroatoms. The Morgan fingerprint density at radius 3 is 1.31 bits per heavy atom. The minimum absolute atomic E-state index is 0.227. The van der Waals surface area contributed by atoms with Gasteiger partial charge in [0.05, 0.1) is 13.2 Å². The van der Waals surface area contributed by atoms with Crippen LogP contribution in [0.3, 0.4) is 0 Å². The zero-order valence-electron chi connectivity index (χ0n) is 32.4. The molecule has 0 amide bonds. The van der Waals surface area contributed by atoms with E-state index >= 15 is 0 Å². The van der Waals surface area contributed by atoms with E-state index in [-0.39, 0.29) is 12.6 Å². The molecule has 2 atom stereocenters. The van der Waals surface area contributed by atoms with Gasteiger partial charge in [-0.1, -0.05) is 142 Å². The lowest BCUT2D eigenvalue weighted by Gasteiger charge is -2.17. The normalized spacial score (nSPS) is 12.4. The number of carboxylic acid groups (broad SMARTS) is 2. The first-order chi connectivity index (χ1) is 24.8. The van der Waals surface area contributed by atoms with Crippen molar-refractivity contribution in [2.45, 2.75) is 193 Å². The average Bonchev–Trinajstić information content (AvgIpc) is 3.10. The number of esters is 2. The Balaban J connectivity index is 4.03. The number of carbonyl (C=O) groups is 4. The van der Waals surface area contributed by atoms with Crippen LogP contribution in [0.4, 0.5) is 0 Å². The van der Waals surface area contributed by atoms with E-state index in [1.165, 1.54) is 38.5 Å². The number of ether oxygens (including phenoxy) is 5. The van der Waals surface area contributed by atoms with Crippen LogP contribution in [0.15, 0.2) is 0 Å². The Morgan fingerprint density at radius 1 is 0.451 bits per heavy atom. The van der Waals surface area contributed by atoms with Gasteiger partial charge in [-0.05, 0) is 38.5 Å². The molecule has 0 bridgehead atoms. The second-order valence-electron chi connectivity index (χ2n) is 13.7. The summed E-state index contributed by atoms with van der Waals surface area (Å²) in [5.41, 5.74) is 0. The maximum absolute atomic E-state index is 12.8. The summed E-state index contributed by atoms with van der Waals surface area (Å²) in [5, 5.41) is 17.7. The summed E-state index contributed by atoms with van der Waals surface area (Å²) in [6, 6.07) is 0. The molecule has 0 rings (SSSR count). The number of hydrogen-bond acceptors (Lipinski definition) is 9. The average molecular weight is 731 g/mol. The lowest BCUT2D eigenvalue weighted by atomic mass is 10.1. The Kier molecular flexibility index (Phi) is 35.9. The molecular formula is C40H74O11. The zero-order valence-corrected chi connectivity index (χ0v) is 32.4. The fourth-order valence-electron chi connectivity index (χ4n) is 5.73. The highest BCUT2D eigenvalue weighted by Gasteiger charge is 2.22. The van der Waals surface area contributed by atoms with Crippen molar-refractivity contribution in [3.05, 3.63) is 0 Å². The molecule has 2 N–H and O–H groups in total. The molecule has 51 heavy (non-hydrogen) atoms. The summed E-state index contributed by atoms with van der Waals surface area (Å²) in [7, 11) is 0. The first-order valence-corrected chi connectivity index (χ1v) is 20.4. The van der Waals surface area contributed by atoms with Gasteiger partial charge in [-0.15, -0.1) is 0 Å². The molecule has 0 saturated heterocycles. The Labute approximate surface area is 309 Å². The van der Waals surface area contributed by atoms with Crippen molar-refractivity contribution in [3.63, 3.8) is 0 Å². The number of hydrogen-bond donors (Lipinski definition) is 2. The van der Waals surface area contributed by atoms with Crippen molar-refractivity contribution >= 4 is 23.9 Å². The number of carbonyl (C=O) groups excluding carboxylic acids is 2. The van der Waals surface area contributed by atoms with Crippen molar-refractivity contribution < 1.29 is 53.1 Å². The van der Waals surface area contributed by atoms with Gasteiger partial charge in [0, 0.05) is 13.2 Å². The van der Waals surface area contributed by atoms with Crippen LogP contribution >= 0.6 is 0 Å². The van der Waals surface area contributed by atoms with Gasteiger partial charge in [0.15, 0.2) is 12.2 Å². The summed E-state index contributed by atoms with van der Waals surface area (Å²) >= 11 is 0. The monoisotopic (exact) mass is 731 g/mol. The van der Waals surface area contributed by atoms with E-state index in [2.05, 4.69) is 13.8 Å². The summed E-state index contributed by atoms with van der Waals surface area (Å²) in [6.07, 6.45) is 24.3. The maximum atomic E-state index is 12.8. The van der Waals surface area contributed by atoms with E-state index in [1.54, 1.807) is 0 Å². The smallest absolute Gasteiger partial charge is 0.335 e. The van der Waals surface area contributed by atoms with Gasteiger partial charge < -0.3 is 33.9 Å². The van der Waals surface area contributed by atoms with Gasteiger partial charge in [-0.3, -0.25) is 0 Å². The van der Waals surface area contributed by atoms with Crippen LogP contribution in [-0.4, -0.2) is 85.9 Å². The van der Waals surface area contributed by atoms with Gasteiger partial charge >= 0.3 is 23.9 Å². The third kappa shape index (κ3) is 34.6. The Morgan fingerprint density at radius 2 is 0.843 bits per heavy atom. The molecule has 11 nitrogen and oxygen atoms in total. The highest BCUT2D eigenvalue weighted by molar-refractivity contribution is 5.76. The fourth-order valence-corrected chi connectivity index (χ4v) is 5.73. The maximum Gasteiger partial charge on any atom is 0.335 e. The van der Waals surface area contributed by atoms with E-state index in [1.807, 2.05) is 0 Å². The molecule has 0 aliphatic rings. The van der Waals surface area contributed by atoms with Crippen molar-refractivity contribution in [3.8, 4) is 0 Å². The highest BCUT2D eigenvalue weighted by Crippen LogP contribution is 2.14. The molecule has 0 fully saturated rings. The lowest BCUT2D eigenvalue weighted by Crippen LogP contribution is -2.30. The second kappa shape index (κ2) is 37.5. The standard InChI is InChI=1S/C40H74O11/c1-3-5-7-9-19-25-31-48-38(43)34-51-36(40(46)49-32-26-20-10-8-6-4-2)28-22-16-12-14-18-24-30-47-29-23-17-13-11-15-21-27-35(39(44)45)50-33-37(41)42/h35-36H,3-34H2,1-2H3,(H,41,42)(H,44,45). The summed E-state index contributed by atoms with van der Waals surface area (Å²) in [4.78, 5) is 46.7. The van der Waals surface area contributed by atoms with E-state index in [4.69, 9.17) is 33.9 Å². The molecule has 300 valence electrons. The minimum atomic E-state index is -1.17. The molecule has 2 unspecified atom stereocenters. The molecule has 0 saturated carbocycles. The molecule has 0 heterocycles. The Bertz CT molecular complexity index is 835. The number of aliphatic carboxylic acids is 2. The van der Waals surface area contributed by atoms with Crippen LogP contribution in [0.5, 0.6) is 0 Å². The number of unbranched alkanes of at least 4 members (excludes halogenated alkanes) is 20. The largest absolute Gasteiger partial charge is 0.480 e. The first-order valence-electron chi connectivity index (χ1n) is 20.4. The van der Waals surface area contributed by atoms with Gasteiger partial charge in [-0.25, -0.2) is 19.2 Å². The number of carboxylic acids is 2. The van der Waals surface area contributed by atoms with Crippen molar-refractivity contribution in [2.24, 2.45) is 0 Å². The molecule has 0 radical (unpaired) electrons. The van der Waals surface area contributed by atoms with Gasteiger partial charge in [-0.2, -0.15) is 0 Å². The fraction of sp³-hybridized carbons (Fsp3) is 0.900. The SMILES string of the molecule is CCCCCCCCOC(=O)COC(CCCCCCCCOCCCCCCCCC(OCC(=O)O)C(=O)O)C(=O)OCCCCCCCC. The van der Waals surface area contributed by atoms with Crippen LogP contribution < -0.4 is 0 Å². The van der Waals surface area contributed by atoms with Crippen molar-refractivity contribution in [1.29, 1.82) is 0 Å². The van der Waals surface area contributed by atoms with Crippen LogP contribution in [0.2, 0.25) is 0 Å². The summed E-state index contributed by atoms with van der Waals surface area (Å²) in [5.74, 6) is -3.08. The van der Waals surface area contributed by atoms with Crippen LogP contribution in [0.1, 0.15) is 181 Å². The van der Waals surface area contributed by atoms with E-state index in [0.717, 1.165) is 122 Å². The van der Waals surface area contributed by atoms with E-state index in [9.17, 15) is 19.2 Å². The predicted molar refractivity (Wildman–Crippen MR) is 199 cm³/mol. The molecule has 0 aromatic carbocycles. The molecule has 0 aliphatic carbocycles. The van der Waals surface area contributed by atoms with E-state index in [0.29, 0.717) is 32.5 Å². The molecule has 0 aromatic heterocycles. The summed E-state index contributed by atoms with van der Waals surface area (Å²) < 4.78 is 27.3. The quantitative estimate of drug-likeness (QED) is 0.0458. The van der Waals surface area contributed by atoms with E-state index < -0.39 is 36.7 Å². The lowest BCUT2D eigenvalue weighted by molar-refractivity contribution is -0.164. The van der Waals surface area contributed by atoms with Crippen molar-refractivity contribution in [1.82, 2.24) is 0 Å². The topological polar surface area (TPSA) is 155 Å². The third-order valence-corrected chi connectivity index (χ3v) is 8.86. The predicted octanol–water partition coefficient (Wildman–Crippen LogP) is 9.21. The van der Waals surface area contributed by atoms with Crippen LogP contribution in [0.25, 0.3) is 0 Å². The van der Waals surface area contributed by atoms with Gasteiger partial charge in [0.25, 0.3) is 0 Å². The first kappa shape index (κ1) is 48.8. The summed E-state index contributed by atoms with van der Waals surface area (Å²) in [6.45, 7) is 5.84. The molecular weight excluding hydrogens is 656 g/mol. The number of rotatable bonds is 40. The Hall–Kier alpha value is -2.24. The zero-order chi connectivity index (χ0) is 37.6. The third-order valence-electron chi connectivity index (χ3n) is 8.86. The van der Waals surface area contributed by atoms with Gasteiger partial charge in [0.1, 0.15) is 13.2 Å². The minimum Gasteiger partial charge on any atom is -0.480 e. The second-order valence-corrected chi connectivity index (χ2v) is 13.7.